The van der Waals surface area contributed by atoms with E-state index in [0.717, 1.165) is 35.3 Å². The normalized spacial score (nSPS) is 19.0. The number of likely N-dealkylation sites (tertiary alicyclic amines) is 1. The molecular weight excluding hydrogens is 336 g/mol. The fourth-order valence-electron chi connectivity index (χ4n) is 3.70. The number of pyridine rings is 1. The van der Waals surface area contributed by atoms with E-state index in [1.54, 1.807) is 16.0 Å². The fraction of sp³-hybridized carbons (Fsp3) is 0.316. The van der Waals surface area contributed by atoms with Crippen LogP contribution in [0.2, 0.25) is 5.02 Å². The molecule has 1 unspecified atom stereocenters. The first-order chi connectivity index (χ1) is 12.2. The van der Waals surface area contributed by atoms with Gasteiger partial charge in [0.2, 0.25) is 5.91 Å². The highest BCUT2D eigenvalue weighted by Gasteiger charge is 2.35. The van der Waals surface area contributed by atoms with Gasteiger partial charge in [-0.05, 0) is 42.2 Å². The van der Waals surface area contributed by atoms with Crippen LogP contribution in [-0.2, 0) is 11.2 Å². The minimum atomic E-state index is -0.123. The molecule has 0 saturated carbocycles. The Bertz CT molecular complexity index is 876. The highest BCUT2D eigenvalue weighted by Crippen LogP contribution is 2.36. The SMILES string of the molecule is N#CN1CCC(C(=O)N2CCc3c(-c4cccc(Cl)c4)ccnc32)C1. The minimum absolute atomic E-state index is 0.0762. The first-order valence-corrected chi connectivity index (χ1v) is 8.75. The number of carbonyl (C=O) groups excluding carboxylic acids is 1. The molecule has 1 aromatic heterocycles. The van der Waals surface area contributed by atoms with Crippen LogP contribution in [0.4, 0.5) is 5.82 Å². The van der Waals surface area contributed by atoms with Gasteiger partial charge in [-0.25, -0.2) is 4.98 Å². The molecule has 2 aromatic rings. The number of carbonyl (C=O) groups is 1. The van der Waals surface area contributed by atoms with E-state index in [9.17, 15) is 4.79 Å². The second-order valence-corrected chi connectivity index (χ2v) is 6.88. The van der Waals surface area contributed by atoms with Crippen molar-refractivity contribution in [2.45, 2.75) is 12.8 Å². The van der Waals surface area contributed by atoms with Gasteiger partial charge < -0.3 is 4.90 Å². The molecule has 6 heteroatoms. The van der Waals surface area contributed by atoms with Crippen molar-refractivity contribution in [2.75, 3.05) is 24.5 Å². The summed E-state index contributed by atoms with van der Waals surface area (Å²) in [6.45, 7) is 1.81. The first kappa shape index (κ1) is 15.9. The Labute approximate surface area is 151 Å². The lowest BCUT2D eigenvalue weighted by molar-refractivity contribution is -0.121. The van der Waals surface area contributed by atoms with E-state index in [-0.39, 0.29) is 11.8 Å². The summed E-state index contributed by atoms with van der Waals surface area (Å²) in [5.74, 6) is 0.701. The quantitative estimate of drug-likeness (QED) is 0.779. The Morgan fingerprint density at radius 1 is 1.32 bits per heavy atom. The van der Waals surface area contributed by atoms with Crippen LogP contribution in [0.1, 0.15) is 12.0 Å². The molecule has 0 bridgehead atoms. The van der Waals surface area contributed by atoms with Gasteiger partial charge in [0.25, 0.3) is 0 Å². The molecular formula is C19H17ClN4O. The summed E-state index contributed by atoms with van der Waals surface area (Å²) in [5.41, 5.74) is 3.21. The lowest BCUT2D eigenvalue weighted by Gasteiger charge is -2.20. The largest absolute Gasteiger partial charge is 0.310 e. The Morgan fingerprint density at radius 2 is 2.20 bits per heavy atom. The lowest BCUT2D eigenvalue weighted by Crippen LogP contribution is -2.36. The molecule has 25 heavy (non-hydrogen) atoms. The Balaban J connectivity index is 1.65. The molecule has 126 valence electrons. The van der Waals surface area contributed by atoms with Gasteiger partial charge in [0.1, 0.15) is 5.82 Å². The van der Waals surface area contributed by atoms with Crippen molar-refractivity contribution >= 4 is 23.3 Å². The molecule has 0 N–H and O–H groups in total. The number of benzene rings is 1. The molecule has 2 aliphatic rings. The Kier molecular flexibility index (Phi) is 4.06. The molecule has 1 atom stereocenters. The highest BCUT2D eigenvalue weighted by molar-refractivity contribution is 6.30. The number of nitriles is 1. The topological polar surface area (TPSA) is 60.2 Å². The molecule has 3 heterocycles. The summed E-state index contributed by atoms with van der Waals surface area (Å²) in [6, 6.07) is 9.71. The van der Waals surface area contributed by atoms with Gasteiger partial charge in [-0.3, -0.25) is 9.69 Å². The molecule has 1 aromatic carbocycles. The van der Waals surface area contributed by atoms with E-state index in [4.69, 9.17) is 16.9 Å². The van der Waals surface area contributed by atoms with Crippen molar-refractivity contribution in [2.24, 2.45) is 5.92 Å². The average Bonchev–Trinajstić information content (AvgIpc) is 3.28. The summed E-state index contributed by atoms with van der Waals surface area (Å²) in [6.07, 6.45) is 5.39. The first-order valence-electron chi connectivity index (χ1n) is 8.37. The number of aromatic nitrogens is 1. The van der Waals surface area contributed by atoms with Gasteiger partial charge in [-0.1, -0.05) is 23.7 Å². The van der Waals surface area contributed by atoms with Crippen molar-refractivity contribution < 1.29 is 4.79 Å². The van der Waals surface area contributed by atoms with Crippen LogP contribution >= 0.6 is 11.6 Å². The summed E-state index contributed by atoms with van der Waals surface area (Å²) >= 11 is 6.13. The zero-order valence-electron chi connectivity index (χ0n) is 13.7. The third-order valence-corrected chi connectivity index (χ3v) is 5.19. The van der Waals surface area contributed by atoms with Gasteiger partial charge in [-0.2, -0.15) is 5.26 Å². The van der Waals surface area contributed by atoms with Crippen molar-refractivity contribution in [3.8, 4) is 17.3 Å². The second kappa shape index (κ2) is 6.38. The number of hydrogen-bond donors (Lipinski definition) is 0. The van der Waals surface area contributed by atoms with E-state index in [0.29, 0.717) is 24.7 Å². The Hall–Kier alpha value is -2.58. The molecule has 0 aliphatic carbocycles. The highest BCUT2D eigenvalue weighted by atomic mass is 35.5. The van der Waals surface area contributed by atoms with Gasteiger partial charge in [-0.15, -0.1) is 0 Å². The van der Waals surface area contributed by atoms with Gasteiger partial charge in [0.05, 0.1) is 5.92 Å². The van der Waals surface area contributed by atoms with Crippen LogP contribution in [0.15, 0.2) is 36.5 Å². The predicted octanol–water partition coefficient (Wildman–Crippen LogP) is 3.09. The minimum Gasteiger partial charge on any atom is -0.310 e. The third kappa shape index (κ3) is 2.83. The van der Waals surface area contributed by atoms with Crippen LogP contribution in [-0.4, -0.2) is 35.4 Å². The molecule has 1 amide bonds. The maximum Gasteiger partial charge on any atom is 0.233 e. The van der Waals surface area contributed by atoms with E-state index >= 15 is 0 Å². The number of nitrogens with zero attached hydrogens (tertiary/aromatic N) is 4. The molecule has 0 spiro atoms. The van der Waals surface area contributed by atoms with E-state index in [1.807, 2.05) is 30.3 Å². The number of amides is 1. The van der Waals surface area contributed by atoms with Crippen LogP contribution in [0.3, 0.4) is 0 Å². The molecule has 1 fully saturated rings. The van der Waals surface area contributed by atoms with Crippen LogP contribution in [0, 0.1) is 17.4 Å². The zero-order chi connectivity index (χ0) is 17.4. The van der Waals surface area contributed by atoms with E-state index in [2.05, 4.69) is 11.2 Å². The van der Waals surface area contributed by atoms with Crippen molar-refractivity contribution in [1.82, 2.24) is 9.88 Å². The smallest absolute Gasteiger partial charge is 0.233 e. The van der Waals surface area contributed by atoms with Crippen LogP contribution in [0.5, 0.6) is 0 Å². The van der Waals surface area contributed by atoms with Crippen molar-refractivity contribution in [3.63, 3.8) is 0 Å². The molecule has 0 radical (unpaired) electrons. The molecule has 1 saturated heterocycles. The van der Waals surface area contributed by atoms with Crippen molar-refractivity contribution in [1.29, 1.82) is 5.26 Å². The van der Waals surface area contributed by atoms with E-state index in [1.165, 1.54) is 0 Å². The number of hydrogen-bond acceptors (Lipinski definition) is 4. The van der Waals surface area contributed by atoms with Crippen molar-refractivity contribution in [3.05, 3.63) is 47.1 Å². The number of anilines is 1. The zero-order valence-corrected chi connectivity index (χ0v) is 14.4. The van der Waals surface area contributed by atoms with Gasteiger partial charge in [0.15, 0.2) is 6.19 Å². The van der Waals surface area contributed by atoms with E-state index < -0.39 is 0 Å². The molecule has 5 nitrogen and oxygen atoms in total. The number of rotatable bonds is 2. The number of halogens is 1. The van der Waals surface area contributed by atoms with Crippen LogP contribution < -0.4 is 4.90 Å². The average molecular weight is 353 g/mol. The maximum atomic E-state index is 12.9. The fourth-order valence-corrected chi connectivity index (χ4v) is 3.89. The standard InChI is InChI=1S/C19H17ClN4O/c20-15-3-1-2-13(10-15)16-4-7-22-18-17(16)6-9-24(18)19(25)14-5-8-23(11-14)12-21/h1-4,7,10,14H,5-6,8-9,11H2. The summed E-state index contributed by atoms with van der Waals surface area (Å²) in [7, 11) is 0. The predicted molar refractivity (Wildman–Crippen MR) is 96.0 cm³/mol. The summed E-state index contributed by atoms with van der Waals surface area (Å²) in [4.78, 5) is 20.8. The molecule has 4 rings (SSSR count). The van der Waals surface area contributed by atoms with Gasteiger partial charge >= 0.3 is 0 Å². The maximum absolute atomic E-state index is 12.9. The summed E-state index contributed by atoms with van der Waals surface area (Å²) in [5, 5.41) is 9.69. The van der Waals surface area contributed by atoms with Crippen LogP contribution in [0.25, 0.3) is 11.1 Å². The third-order valence-electron chi connectivity index (χ3n) is 4.95. The lowest BCUT2D eigenvalue weighted by atomic mass is 10.0. The number of fused-ring (bicyclic) bond motifs is 1. The molecule has 2 aliphatic heterocycles. The van der Waals surface area contributed by atoms with Gasteiger partial charge in [0, 0.05) is 36.4 Å². The summed E-state index contributed by atoms with van der Waals surface area (Å²) < 4.78 is 0. The second-order valence-electron chi connectivity index (χ2n) is 6.44. The Morgan fingerprint density at radius 3 is 2.96 bits per heavy atom. The monoisotopic (exact) mass is 352 g/mol.